The number of nitrogens with zero attached hydrogens (tertiary/aromatic N) is 1. The van der Waals surface area contributed by atoms with Crippen LogP contribution in [0.3, 0.4) is 0 Å². The summed E-state index contributed by atoms with van der Waals surface area (Å²) in [4.78, 5) is 26.9. The van der Waals surface area contributed by atoms with Gasteiger partial charge in [0.25, 0.3) is 5.91 Å². The molecule has 2 heterocycles. The van der Waals surface area contributed by atoms with Gasteiger partial charge in [0, 0.05) is 31.2 Å². The van der Waals surface area contributed by atoms with Gasteiger partial charge in [-0.1, -0.05) is 17.7 Å². The molecule has 2 saturated heterocycles. The maximum atomic E-state index is 12.6. The van der Waals surface area contributed by atoms with Crippen LogP contribution < -0.4 is 10.6 Å². The van der Waals surface area contributed by atoms with E-state index in [2.05, 4.69) is 10.6 Å². The second kappa shape index (κ2) is 7.79. The Bertz CT molecular complexity index is 579. The Labute approximate surface area is 143 Å². The highest BCUT2D eigenvalue weighted by Crippen LogP contribution is 2.19. The van der Waals surface area contributed by atoms with Gasteiger partial charge in [0.05, 0.1) is 5.92 Å². The first kappa shape index (κ1) is 17.0. The van der Waals surface area contributed by atoms with Gasteiger partial charge in [-0.05, 0) is 51.3 Å². The van der Waals surface area contributed by atoms with E-state index in [1.165, 1.54) is 6.42 Å². The Balaban J connectivity index is 1.54. The summed E-state index contributed by atoms with van der Waals surface area (Å²) in [6.07, 6.45) is 4.06. The molecule has 2 aliphatic rings. The van der Waals surface area contributed by atoms with E-state index in [1.807, 2.05) is 36.1 Å². The molecule has 0 radical (unpaired) electrons. The number of hydrogen-bond donors (Lipinski definition) is 2. The monoisotopic (exact) mass is 329 g/mol. The van der Waals surface area contributed by atoms with Crippen LogP contribution in [0.15, 0.2) is 24.3 Å². The molecule has 5 nitrogen and oxygen atoms in total. The molecule has 2 fully saturated rings. The summed E-state index contributed by atoms with van der Waals surface area (Å²) in [5.74, 6) is 0.0321. The fourth-order valence-electron chi connectivity index (χ4n) is 3.55. The minimum Gasteiger partial charge on any atom is -0.354 e. The van der Waals surface area contributed by atoms with Gasteiger partial charge in [-0.3, -0.25) is 9.59 Å². The van der Waals surface area contributed by atoms with E-state index in [0.29, 0.717) is 24.7 Å². The molecule has 1 aromatic carbocycles. The van der Waals surface area contributed by atoms with Gasteiger partial charge >= 0.3 is 0 Å². The third kappa shape index (κ3) is 4.15. The van der Waals surface area contributed by atoms with E-state index in [0.717, 1.165) is 37.9 Å². The number of rotatable bonds is 4. The van der Waals surface area contributed by atoms with Crippen molar-refractivity contribution >= 4 is 11.8 Å². The Morgan fingerprint density at radius 3 is 2.71 bits per heavy atom. The summed E-state index contributed by atoms with van der Waals surface area (Å²) >= 11 is 0. The quantitative estimate of drug-likeness (QED) is 0.884. The largest absolute Gasteiger partial charge is 0.354 e. The number of carbonyl (C=O) groups excluding carboxylic acids is 2. The molecular formula is C19H27N3O2. The molecule has 0 aromatic heterocycles. The molecule has 2 N–H and O–H groups in total. The van der Waals surface area contributed by atoms with Crippen molar-refractivity contribution in [3.05, 3.63) is 35.4 Å². The van der Waals surface area contributed by atoms with Gasteiger partial charge in [-0.15, -0.1) is 0 Å². The van der Waals surface area contributed by atoms with Crippen LogP contribution in [0, 0.1) is 12.8 Å². The molecule has 0 bridgehead atoms. The zero-order valence-corrected chi connectivity index (χ0v) is 14.4. The number of hydrogen-bond acceptors (Lipinski definition) is 3. The number of carbonyl (C=O) groups is 2. The lowest BCUT2D eigenvalue weighted by Crippen LogP contribution is -2.47. The van der Waals surface area contributed by atoms with Crippen LogP contribution in [0.25, 0.3) is 0 Å². The van der Waals surface area contributed by atoms with Gasteiger partial charge in [0.1, 0.15) is 0 Å². The molecule has 0 spiro atoms. The van der Waals surface area contributed by atoms with Crippen LogP contribution in [-0.4, -0.2) is 48.9 Å². The molecule has 3 rings (SSSR count). The summed E-state index contributed by atoms with van der Waals surface area (Å²) in [5.41, 5.74) is 1.85. The fourth-order valence-corrected chi connectivity index (χ4v) is 3.55. The smallest absolute Gasteiger partial charge is 0.253 e. The van der Waals surface area contributed by atoms with Crippen molar-refractivity contribution in [1.29, 1.82) is 0 Å². The third-order valence-corrected chi connectivity index (χ3v) is 5.06. The average Bonchev–Trinajstić information content (AvgIpc) is 3.13. The number of aryl methyl sites for hydroxylation is 1. The SMILES string of the molecule is Cc1ccc(C(=O)N2CCCC(C(=O)NCC3CCCN3)C2)cc1. The minimum absolute atomic E-state index is 0.0324. The maximum absolute atomic E-state index is 12.6. The molecule has 1 aromatic rings. The molecule has 2 unspecified atom stereocenters. The lowest BCUT2D eigenvalue weighted by Gasteiger charge is -2.32. The highest BCUT2D eigenvalue weighted by atomic mass is 16.2. The Morgan fingerprint density at radius 2 is 2.00 bits per heavy atom. The molecular weight excluding hydrogens is 302 g/mol. The predicted molar refractivity (Wildman–Crippen MR) is 93.8 cm³/mol. The second-order valence-electron chi connectivity index (χ2n) is 6.99. The van der Waals surface area contributed by atoms with E-state index in [4.69, 9.17) is 0 Å². The molecule has 2 aliphatic heterocycles. The lowest BCUT2D eigenvalue weighted by molar-refractivity contribution is -0.126. The van der Waals surface area contributed by atoms with E-state index < -0.39 is 0 Å². The third-order valence-electron chi connectivity index (χ3n) is 5.06. The van der Waals surface area contributed by atoms with Crippen LogP contribution in [-0.2, 0) is 4.79 Å². The molecule has 2 amide bonds. The van der Waals surface area contributed by atoms with E-state index >= 15 is 0 Å². The number of nitrogens with one attached hydrogen (secondary N) is 2. The summed E-state index contributed by atoms with van der Waals surface area (Å²) < 4.78 is 0. The summed E-state index contributed by atoms with van der Waals surface area (Å²) in [7, 11) is 0. The number of piperidine rings is 1. The second-order valence-corrected chi connectivity index (χ2v) is 6.99. The van der Waals surface area contributed by atoms with Crippen LogP contribution >= 0.6 is 0 Å². The van der Waals surface area contributed by atoms with Crippen LogP contribution in [0.1, 0.15) is 41.6 Å². The van der Waals surface area contributed by atoms with E-state index in [9.17, 15) is 9.59 Å². The number of benzene rings is 1. The fraction of sp³-hybridized carbons (Fsp3) is 0.579. The van der Waals surface area contributed by atoms with Crippen molar-refractivity contribution in [2.75, 3.05) is 26.2 Å². The molecule has 130 valence electrons. The predicted octanol–water partition coefficient (Wildman–Crippen LogP) is 1.72. The van der Waals surface area contributed by atoms with Crippen molar-refractivity contribution in [2.45, 2.75) is 38.6 Å². The van der Waals surface area contributed by atoms with E-state index in [-0.39, 0.29) is 17.7 Å². The molecule has 2 atom stereocenters. The normalized spacial score (nSPS) is 24.0. The van der Waals surface area contributed by atoms with Gasteiger partial charge < -0.3 is 15.5 Å². The van der Waals surface area contributed by atoms with Gasteiger partial charge in [-0.25, -0.2) is 0 Å². The zero-order chi connectivity index (χ0) is 16.9. The molecule has 0 aliphatic carbocycles. The van der Waals surface area contributed by atoms with E-state index in [1.54, 1.807) is 0 Å². The standard InChI is InChI=1S/C19H27N3O2/c1-14-6-8-15(9-7-14)19(24)22-11-3-4-16(13-22)18(23)21-12-17-5-2-10-20-17/h6-9,16-17,20H,2-5,10-13H2,1H3,(H,21,23). The van der Waals surface area contributed by atoms with Crippen LogP contribution in [0.5, 0.6) is 0 Å². The van der Waals surface area contributed by atoms with Crippen molar-refractivity contribution in [1.82, 2.24) is 15.5 Å². The number of amides is 2. The van der Waals surface area contributed by atoms with Gasteiger partial charge in [0.15, 0.2) is 0 Å². The molecule has 0 saturated carbocycles. The Morgan fingerprint density at radius 1 is 1.21 bits per heavy atom. The lowest BCUT2D eigenvalue weighted by atomic mass is 9.96. The van der Waals surface area contributed by atoms with Crippen molar-refractivity contribution in [3.8, 4) is 0 Å². The first-order valence-electron chi connectivity index (χ1n) is 9.00. The zero-order valence-electron chi connectivity index (χ0n) is 14.4. The highest BCUT2D eigenvalue weighted by molar-refractivity contribution is 5.94. The summed E-state index contributed by atoms with van der Waals surface area (Å²) in [6, 6.07) is 8.05. The first-order valence-corrected chi connectivity index (χ1v) is 9.00. The van der Waals surface area contributed by atoms with Crippen molar-refractivity contribution in [2.24, 2.45) is 5.92 Å². The first-order chi connectivity index (χ1) is 11.6. The average molecular weight is 329 g/mol. The molecule has 5 heteroatoms. The Hall–Kier alpha value is -1.88. The van der Waals surface area contributed by atoms with Crippen LogP contribution in [0.4, 0.5) is 0 Å². The topological polar surface area (TPSA) is 61.4 Å². The minimum atomic E-state index is -0.0884. The summed E-state index contributed by atoms with van der Waals surface area (Å²) in [6.45, 7) is 5.01. The van der Waals surface area contributed by atoms with Crippen molar-refractivity contribution in [3.63, 3.8) is 0 Å². The van der Waals surface area contributed by atoms with Crippen molar-refractivity contribution < 1.29 is 9.59 Å². The Kier molecular flexibility index (Phi) is 5.51. The molecule has 24 heavy (non-hydrogen) atoms. The van der Waals surface area contributed by atoms with Gasteiger partial charge in [0.2, 0.25) is 5.91 Å². The highest BCUT2D eigenvalue weighted by Gasteiger charge is 2.29. The van der Waals surface area contributed by atoms with Crippen LogP contribution in [0.2, 0.25) is 0 Å². The maximum Gasteiger partial charge on any atom is 0.253 e. The van der Waals surface area contributed by atoms with Gasteiger partial charge in [-0.2, -0.15) is 0 Å². The number of likely N-dealkylation sites (tertiary alicyclic amines) is 1. The summed E-state index contributed by atoms with van der Waals surface area (Å²) in [5, 5.41) is 6.45.